The van der Waals surface area contributed by atoms with Crippen LogP contribution in [0.15, 0.2) is 18.7 Å². The Balaban J connectivity index is 2.15. The molecule has 2 aromatic heterocycles. The molecule has 2 aromatic rings. The molecule has 4 N–H and O–H groups in total. The maximum absolute atomic E-state index is 7.29. The Bertz CT molecular complexity index is 567. The van der Waals surface area contributed by atoms with Crippen molar-refractivity contribution < 1.29 is 0 Å². The molecule has 0 bridgehead atoms. The molecule has 92 valence electrons. The van der Waals surface area contributed by atoms with Gasteiger partial charge in [0.25, 0.3) is 0 Å². The predicted molar refractivity (Wildman–Crippen MR) is 68.4 cm³/mol. The highest BCUT2D eigenvalue weighted by Crippen LogP contribution is 2.14. The highest BCUT2D eigenvalue weighted by atomic mass is 15.0. The first-order valence-corrected chi connectivity index (χ1v) is 5.33. The smallest absolute Gasteiger partial charge is 0.140 e. The molecule has 0 unspecified atom stereocenters. The molecule has 0 fully saturated rings. The van der Waals surface area contributed by atoms with Gasteiger partial charge in [0.15, 0.2) is 0 Å². The van der Waals surface area contributed by atoms with Gasteiger partial charge in [-0.3, -0.25) is 9.97 Å². The lowest BCUT2D eigenvalue weighted by molar-refractivity contribution is 0.964. The number of anilines is 2. The van der Waals surface area contributed by atoms with Crippen molar-refractivity contribution in [2.45, 2.75) is 13.5 Å². The largest absolute Gasteiger partial charge is 0.383 e. The summed E-state index contributed by atoms with van der Waals surface area (Å²) in [5.74, 6) is 0.790. The number of hydrogen-bond donors (Lipinski definition) is 3. The Morgan fingerprint density at radius 3 is 2.94 bits per heavy atom. The standard InChI is InChI=1S/C11H13N7/c1-7-3-14-4-8(18-7)5-15-11-9(2-12)10(13)16-6-17-11/h2-4,6,12H,5H2,1H3,(H3,13,15,16,17). The van der Waals surface area contributed by atoms with Crippen molar-refractivity contribution in [3.05, 3.63) is 35.7 Å². The van der Waals surface area contributed by atoms with Crippen LogP contribution >= 0.6 is 0 Å². The average Bonchev–Trinajstić information content (AvgIpc) is 2.36. The molecule has 7 nitrogen and oxygen atoms in total. The van der Waals surface area contributed by atoms with Crippen molar-refractivity contribution in [2.75, 3.05) is 11.1 Å². The second-order valence-electron chi connectivity index (χ2n) is 3.67. The fraction of sp³-hybridized carbons (Fsp3) is 0.182. The van der Waals surface area contributed by atoms with Crippen molar-refractivity contribution in [1.82, 2.24) is 19.9 Å². The van der Waals surface area contributed by atoms with Crippen LogP contribution in [-0.2, 0) is 6.54 Å². The lowest BCUT2D eigenvalue weighted by Crippen LogP contribution is -2.09. The number of rotatable bonds is 4. The number of nitrogen functional groups attached to an aromatic ring is 1. The van der Waals surface area contributed by atoms with E-state index in [1.807, 2.05) is 6.92 Å². The number of aromatic nitrogens is 4. The van der Waals surface area contributed by atoms with Gasteiger partial charge in [0, 0.05) is 12.4 Å². The summed E-state index contributed by atoms with van der Waals surface area (Å²) in [6.45, 7) is 2.34. The molecule has 7 heteroatoms. The van der Waals surface area contributed by atoms with Gasteiger partial charge in [-0.25, -0.2) is 9.97 Å². The van der Waals surface area contributed by atoms with Crippen LogP contribution in [0.4, 0.5) is 11.6 Å². The van der Waals surface area contributed by atoms with Crippen LogP contribution in [0.3, 0.4) is 0 Å². The first-order valence-electron chi connectivity index (χ1n) is 5.33. The first kappa shape index (κ1) is 11.9. The topological polar surface area (TPSA) is 113 Å². The molecule has 0 aliphatic heterocycles. The Morgan fingerprint density at radius 2 is 2.22 bits per heavy atom. The van der Waals surface area contributed by atoms with Crippen LogP contribution in [-0.4, -0.2) is 26.2 Å². The fourth-order valence-electron chi connectivity index (χ4n) is 1.47. The van der Waals surface area contributed by atoms with Gasteiger partial charge in [0.2, 0.25) is 0 Å². The molecule has 0 aromatic carbocycles. The van der Waals surface area contributed by atoms with E-state index in [-0.39, 0.29) is 5.82 Å². The molecule has 2 heterocycles. The minimum atomic E-state index is 0.276. The summed E-state index contributed by atoms with van der Waals surface area (Å²) in [4.78, 5) is 16.2. The van der Waals surface area contributed by atoms with E-state index >= 15 is 0 Å². The lowest BCUT2D eigenvalue weighted by atomic mass is 10.3. The zero-order valence-corrected chi connectivity index (χ0v) is 9.88. The van der Waals surface area contributed by atoms with Crippen molar-refractivity contribution >= 4 is 17.9 Å². The van der Waals surface area contributed by atoms with Gasteiger partial charge in [-0.05, 0) is 6.92 Å². The van der Waals surface area contributed by atoms with Gasteiger partial charge < -0.3 is 16.5 Å². The molecule has 0 saturated heterocycles. The third-order valence-corrected chi connectivity index (χ3v) is 2.30. The first-order chi connectivity index (χ1) is 8.70. The van der Waals surface area contributed by atoms with Crippen molar-refractivity contribution in [1.29, 1.82) is 5.41 Å². The average molecular weight is 243 g/mol. The third-order valence-electron chi connectivity index (χ3n) is 2.30. The molecule has 0 aliphatic carbocycles. The van der Waals surface area contributed by atoms with E-state index in [9.17, 15) is 0 Å². The van der Waals surface area contributed by atoms with Gasteiger partial charge in [-0.2, -0.15) is 0 Å². The van der Waals surface area contributed by atoms with Crippen molar-refractivity contribution in [2.24, 2.45) is 0 Å². The molecule has 0 amide bonds. The van der Waals surface area contributed by atoms with E-state index in [2.05, 4.69) is 25.3 Å². The Labute approximate surface area is 104 Å². The second-order valence-corrected chi connectivity index (χ2v) is 3.67. The van der Waals surface area contributed by atoms with E-state index in [0.29, 0.717) is 17.9 Å². The number of nitrogens with zero attached hydrogens (tertiary/aromatic N) is 4. The summed E-state index contributed by atoms with van der Waals surface area (Å²) in [6.07, 6.45) is 5.84. The molecule has 2 rings (SSSR count). The molecule has 0 saturated carbocycles. The minimum Gasteiger partial charge on any atom is -0.383 e. The van der Waals surface area contributed by atoms with Crippen molar-refractivity contribution in [3.8, 4) is 0 Å². The van der Waals surface area contributed by atoms with Gasteiger partial charge in [0.1, 0.15) is 18.0 Å². The minimum absolute atomic E-state index is 0.276. The summed E-state index contributed by atoms with van der Waals surface area (Å²) in [6, 6.07) is 0. The molecule has 0 aliphatic rings. The zero-order valence-electron chi connectivity index (χ0n) is 9.88. The maximum Gasteiger partial charge on any atom is 0.140 e. The van der Waals surface area contributed by atoms with Crippen LogP contribution in [0, 0.1) is 12.3 Å². The predicted octanol–water partition coefficient (Wildman–Crippen LogP) is 0.767. The van der Waals surface area contributed by atoms with Crippen LogP contribution in [0.2, 0.25) is 0 Å². The molecule has 0 spiro atoms. The number of aryl methyl sites for hydroxylation is 1. The van der Waals surface area contributed by atoms with Crippen LogP contribution in [0.25, 0.3) is 0 Å². The number of nitrogens with one attached hydrogen (secondary N) is 2. The fourth-order valence-corrected chi connectivity index (χ4v) is 1.47. The molecule has 0 atom stereocenters. The lowest BCUT2D eigenvalue weighted by Gasteiger charge is -2.08. The summed E-state index contributed by atoms with van der Waals surface area (Å²) < 4.78 is 0. The quantitative estimate of drug-likeness (QED) is 0.683. The Hall–Kier alpha value is -2.57. The number of nitrogens with two attached hydrogens (primary N) is 1. The van der Waals surface area contributed by atoms with E-state index in [4.69, 9.17) is 11.1 Å². The van der Waals surface area contributed by atoms with E-state index in [0.717, 1.165) is 17.6 Å². The highest BCUT2D eigenvalue weighted by molar-refractivity contribution is 5.89. The maximum atomic E-state index is 7.29. The van der Waals surface area contributed by atoms with Crippen LogP contribution in [0.1, 0.15) is 17.0 Å². The van der Waals surface area contributed by atoms with Gasteiger partial charge >= 0.3 is 0 Å². The Kier molecular flexibility index (Phi) is 3.42. The highest BCUT2D eigenvalue weighted by Gasteiger charge is 2.06. The molecule has 0 radical (unpaired) electrons. The molecule has 18 heavy (non-hydrogen) atoms. The van der Waals surface area contributed by atoms with Gasteiger partial charge in [-0.15, -0.1) is 0 Å². The monoisotopic (exact) mass is 243 g/mol. The normalized spacial score (nSPS) is 10.1. The van der Waals surface area contributed by atoms with Crippen LogP contribution < -0.4 is 11.1 Å². The van der Waals surface area contributed by atoms with Crippen molar-refractivity contribution in [3.63, 3.8) is 0 Å². The van der Waals surface area contributed by atoms with Gasteiger partial charge in [0.05, 0.1) is 29.7 Å². The second kappa shape index (κ2) is 5.17. The molecular weight excluding hydrogens is 230 g/mol. The number of hydrogen-bond acceptors (Lipinski definition) is 7. The third kappa shape index (κ3) is 2.57. The summed E-state index contributed by atoms with van der Waals surface area (Å²) >= 11 is 0. The summed E-state index contributed by atoms with van der Waals surface area (Å²) in [5.41, 5.74) is 7.77. The van der Waals surface area contributed by atoms with E-state index in [1.54, 1.807) is 12.4 Å². The van der Waals surface area contributed by atoms with E-state index < -0.39 is 0 Å². The Morgan fingerprint density at radius 1 is 1.39 bits per heavy atom. The zero-order chi connectivity index (χ0) is 13.0. The van der Waals surface area contributed by atoms with E-state index in [1.165, 1.54) is 6.33 Å². The van der Waals surface area contributed by atoms with Gasteiger partial charge in [-0.1, -0.05) is 0 Å². The summed E-state index contributed by atoms with van der Waals surface area (Å²) in [7, 11) is 0. The SMILES string of the molecule is Cc1cncc(CNc2ncnc(N)c2C=N)n1. The molecular formula is C11H13N7. The summed E-state index contributed by atoms with van der Waals surface area (Å²) in [5, 5.41) is 10.4. The van der Waals surface area contributed by atoms with Crippen LogP contribution in [0.5, 0.6) is 0 Å².